The van der Waals surface area contributed by atoms with Gasteiger partial charge in [-0.15, -0.1) is 23.7 Å². The lowest BCUT2D eigenvalue weighted by Gasteiger charge is -2.34. The minimum absolute atomic E-state index is 0. The molecule has 0 aliphatic carbocycles. The standard InChI is InChI=1S/C16H24N2OS.ClH/c1-4-9-18-10-7-6-8-13(18)16(19)17-15-12(3)11-20-14(15)5-2;/h5,11,13H,2,4,6-10H2,1,3H3,(H,17,19);1H/t13-;/m0./s1. The number of rotatable bonds is 5. The highest BCUT2D eigenvalue weighted by Gasteiger charge is 2.28. The third-order valence-electron chi connectivity index (χ3n) is 3.86. The molecule has 1 saturated heterocycles. The summed E-state index contributed by atoms with van der Waals surface area (Å²) in [6.07, 6.45) is 6.24. The predicted octanol–water partition coefficient (Wildman–Crippen LogP) is 4.32. The van der Waals surface area contributed by atoms with E-state index >= 15 is 0 Å². The van der Waals surface area contributed by atoms with Crippen LogP contribution in [-0.4, -0.2) is 29.9 Å². The van der Waals surface area contributed by atoms with Gasteiger partial charge in [-0.1, -0.05) is 26.0 Å². The van der Waals surface area contributed by atoms with Gasteiger partial charge in [-0.25, -0.2) is 0 Å². The van der Waals surface area contributed by atoms with Crippen molar-refractivity contribution in [1.82, 2.24) is 4.90 Å². The largest absolute Gasteiger partial charge is 0.323 e. The Morgan fingerprint density at radius 1 is 1.57 bits per heavy atom. The fourth-order valence-corrected chi connectivity index (χ4v) is 3.67. The molecule has 1 atom stereocenters. The maximum atomic E-state index is 12.6. The molecule has 0 spiro atoms. The van der Waals surface area contributed by atoms with Crippen LogP contribution in [0.4, 0.5) is 5.69 Å². The Balaban J connectivity index is 0.00000220. The zero-order chi connectivity index (χ0) is 14.5. The Labute approximate surface area is 137 Å². The van der Waals surface area contributed by atoms with Gasteiger partial charge in [0.15, 0.2) is 0 Å². The summed E-state index contributed by atoms with van der Waals surface area (Å²) < 4.78 is 0. The SMILES string of the molecule is C=Cc1scc(C)c1NC(=O)[C@@H]1CCCCN1CCC.Cl. The van der Waals surface area contributed by atoms with E-state index in [0.29, 0.717) is 0 Å². The summed E-state index contributed by atoms with van der Waals surface area (Å²) in [6, 6.07) is 0.0284. The Kier molecular flexibility index (Phi) is 7.43. The van der Waals surface area contributed by atoms with E-state index in [4.69, 9.17) is 0 Å². The molecule has 1 aromatic rings. The second-order valence-electron chi connectivity index (χ2n) is 5.40. The van der Waals surface area contributed by atoms with Gasteiger partial charge in [-0.2, -0.15) is 0 Å². The van der Waals surface area contributed by atoms with Crippen LogP contribution in [0.3, 0.4) is 0 Å². The summed E-state index contributed by atoms with van der Waals surface area (Å²) in [5.41, 5.74) is 2.06. The van der Waals surface area contributed by atoms with E-state index < -0.39 is 0 Å². The second-order valence-corrected chi connectivity index (χ2v) is 6.31. The molecule has 1 fully saturated rings. The third-order valence-corrected chi connectivity index (χ3v) is 4.96. The summed E-state index contributed by atoms with van der Waals surface area (Å²) in [5.74, 6) is 0.141. The highest BCUT2D eigenvalue weighted by Crippen LogP contribution is 2.29. The Hall–Kier alpha value is -0.840. The molecule has 21 heavy (non-hydrogen) atoms. The van der Waals surface area contributed by atoms with Gasteiger partial charge in [-0.3, -0.25) is 9.69 Å². The molecular weight excluding hydrogens is 304 g/mol. The van der Waals surface area contributed by atoms with Crippen molar-refractivity contribution < 1.29 is 4.79 Å². The average Bonchev–Trinajstić information content (AvgIpc) is 2.80. The fraction of sp³-hybridized carbons (Fsp3) is 0.562. The zero-order valence-corrected chi connectivity index (χ0v) is 14.5. The number of aryl methyl sites for hydroxylation is 1. The van der Waals surface area contributed by atoms with E-state index in [1.54, 1.807) is 11.3 Å². The summed E-state index contributed by atoms with van der Waals surface area (Å²) in [5, 5.41) is 5.19. The average molecular weight is 329 g/mol. The quantitative estimate of drug-likeness (QED) is 0.872. The summed E-state index contributed by atoms with van der Waals surface area (Å²) in [4.78, 5) is 16.0. The number of likely N-dealkylation sites (tertiary alicyclic amines) is 1. The van der Waals surface area contributed by atoms with Gasteiger partial charge in [0.1, 0.15) is 0 Å². The van der Waals surface area contributed by atoms with E-state index in [-0.39, 0.29) is 24.4 Å². The lowest BCUT2D eigenvalue weighted by Crippen LogP contribution is -2.47. The van der Waals surface area contributed by atoms with Crippen molar-refractivity contribution in [2.24, 2.45) is 0 Å². The number of nitrogens with one attached hydrogen (secondary N) is 1. The van der Waals surface area contributed by atoms with Crippen molar-refractivity contribution in [3.63, 3.8) is 0 Å². The molecule has 2 heterocycles. The molecule has 118 valence electrons. The number of piperidine rings is 1. The Morgan fingerprint density at radius 3 is 3.00 bits per heavy atom. The number of anilines is 1. The molecule has 0 bridgehead atoms. The topological polar surface area (TPSA) is 32.3 Å². The first-order valence-electron chi connectivity index (χ1n) is 7.42. The number of hydrogen-bond donors (Lipinski definition) is 1. The van der Waals surface area contributed by atoms with Crippen LogP contribution in [0.15, 0.2) is 12.0 Å². The molecule has 1 amide bonds. The van der Waals surface area contributed by atoms with Crippen molar-refractivity contribution in [2.75, 3.05) is 18.4 Å². The number of nitrogens with zero attached hydrogens (tertiary/aromatic N) is 1. The van der Waals surface area contributed by atoms with Crippen LogP contribution in [0.5, 0.6) is 0 Å². The number of amides is 1. The van der Waals surface area contributed by atoms with Gasteiger partial charge in [0.05, 0.1) is 16.6 Å². The van der Waals surface area contributed by atoms with Gasteiger partial charge in [-0.05, 0) is 50.2 Å². The lowest BCUT2D eigenvalue weighted by molar-refractivity contribution is -0.122. The van der Waals surface area contributed by atoms with Crippen LogP contribution in [-0.2, 0) is 4.79 Å². The monoisotopic (exact) mass is 328 g/mol. The molecular formula is C16H25ClN2OS. The smallest absolute Gasteiger partial charge is 0.241 e. The summed E-state index contributed by atoms with van der Waals surface area (Å²) >= 11 is 1.63. The molecule has 1 aromatic heterocycles. The molecule has 1 aliphatic heterocycles. The normalized spacial score (nSPS) is 18.9. The van der Waals surface area contributed by atoms with Crippen LogP contribution >= 0.6 is 23.7 Å². The van der Waals surface area contributed by atoms with E-state index in [1.165, 1.54) is 6.42 Å². The number of thiophene rings is 1. The first-order chi connectivity index (χ1) is 9.67. The van der Waals surface area contributed by atoms with Crippen LogP contribution < -0.4 is 5.32 Å². The molecule has 0 saturated carbocycles. The number of hydrogen-bond acceptors (Lipinski definition) is 3. The van der Waals surface area contributed by atoms with Crippen LogP contribution in [0.25, 0.3) is 6.08 Å². The molecule has 3 nitrogen and oxygen atoms in total. The van der Waals surface area contributed by atoms with E-state index in [2.05, 4.69) is 29.1 Å². The van der Waals surface area contributed by atoms with Crippen LogP contribution in [0, 0.1) is 6.92 Å². The minimum atomic E-state index is 0. The molecule has 0 unspecified atom stereocenters. The molecule has 0 radical (unpaired) electrons. The van der Waals surface area contributed by atoms with Gasteiger partial charge >= 0.3 is 0 Å². The molecule has 1 N–H and O–H groups in total. The molecule has 5 heteroatoms. The first-order valence-corrected chi connectivity index (χ1v) is 8.30. The Bertz CT molecular complexity index is 485. The van der Waals surface area contributed by atoms with Crippen molar-refractivity contribution in [2.45, 2.75) is 45.6 Å². The van der Waals surface area contributed by atoms with Crippen LogP contribution in [0.2, 0.25) is 0 Å². The van der Waals surface area contributed by atoms with Gasteiger partial charge < -0.3 is 5.32 Å². The van der Waals surface area contributed by atoms with Gasteiger partial charge in [0.2, 0.25) is 5.91 Å². The molecule has 2 rings (SSSR count). The van der Waals surface area contributed by atoms with Crippen molar-refractivity contribution >= 4 is 41.4 Å². The summed E-state index contributed by atoms with van der Waals surface area (Å²) in [7, 11) is 0. The van der Waals surface area contributed by atoms with E-state index in [1.807, 2.05) is 13.0 Å². The maximum Gasteiger partial charge on any atom is 0.241 e. The molecule has 1 aliphatic rings. The highest BCUT2D eigenvalue weighted by molar-refractivity contribution is 7.11. The third kappa shape index (κ3) is 4.31. The predicted molar refractivity (Wildman–Crippen MR) is 94.5 cm³/mol. The number of halogens is 1. The van der Waals surface area contributed by atoms with Crippen molar-refractivity contribution in [3.8, 4) is 0 Å². The Morgan fingerprint density at radius 2 is 2.33 bits per heavy atom. The van der Waals surface area contributed by atoms with E-state index in [0.717, 1.165) is 48.5 Å². The van der Waals surface area contributed by atoms with Crippen molar-refractivity contribution in [1.29, 1.82) is 0 Å². The molecule has 0 aromatic carbocycles. The lowest BCUT2D eigenvalue weighted by atomic mass is 10.0. The highest BCUT2D eigenvalue weighted by atomic mass is 35.5. The second kappa shape index (κ2) is 8.57. The maximum absolute atomic E-state index is 12.6. The van der Waals surface area contributed by atoms with Gasteiger partial charge in [0.25, 0.3) is 0 Å². The van der Waals surface area contributed by atoms with Crippen molar-refractivity contribution in [3.05, 3.63) is 22.4 Å². The number of carbonyl (C=O) groups is 1. The summed E-state index contributed by atoms with van der Waals surface area (Å²) in [6.45, 7) is 10.1. The fourth-order valence-electron chi connectivity index (χ4n) is 2.82. The zero-order valence-electron chi connectivity index (χ0n) is 12.9. The first kappa shape index (κ1) is 18.2. The van der Waals surface area contributed by atoms with E-state index in [9.17, 15) is 4.79 Å². The van der Waals surface area contributed by atoms with Crippen LogP contribution in [0.1, 0.15) is 43.0 Å². The van der Waals surface area contributed by atoms with Gasteiger partial charge in [0, 0.05) is 0 Å². The minimum Gasteiger partial charge on any atom is -0.323 e. The number of carbonyl (C=O) groups excluding carboxylic acids is 1.